The number of fused-ring (bicyclic) bond motifs is 1. The predicted octanol–water partition coefficient (Wildman–Crippen LogP) is 5.95. The van der Waals surface area contributed by atoms with Gasteiger partial charge in [-0.25, -0.2) is 0 Å². The Hall–Kier alpha value is -4.14. The van der Waals surface area contributed by atoms with E-state index >= 15 is 0 Å². The van der Waals surface area contributed by atoms with Crippen molar-refractivity contribution in [3.63, 3.8) is 0 Å². The van der Waals surface area contributed by atoms with Crippen molar-refractivity contribution in [3.8, 4) is 16.9 Å². The van der Waals surface area contributed by atoms with Crippen LogP contribution in [-0.2, 0) is 36.8 Å². The number of carbonyl (C=O) groups is 1. The van der Waals surface area contributed by atoms with Crippen LogP contribution < -0.4 is 10.1 Å². The van der Waals surface area contributed by atoms with Crippen molar-refractivity contribution in [3.05, 3.63) is 101 Å². The number of aromatic nitrogens is 3. The molecule has 2 aromatic heterocycles. The Kier molecular flexibility index (Phi) is 7.67. The van der Waals surface area contributed by atoms with Gasteiger partial charge < -0.3 is 10.1 Å². The number of rotatable bonds is 8. The van der Waals surface area contributed by atoms with Crippen LogP contribution in [0.1, 0.15) is 47.1 Å². The van der Waals surface area contributed by atoms with Crippen molar-refractivity contribution in [1.29, 1.82) is 0 Å². The number of carbonyl (C=O) groups excluding carboxylic acids is 1. The summed E-state index contributed by atoms with van der Waals surface area (Å²) in [4.78, 5) is 18.0. The molecule has 202 valence electrons. The van der Waals surface area contributed by atoms with Gasteiger partial charge in [0.25, 0.3) is 0 Å². The highest BCUT2D eigenvalue weighted by Gasteiger charge is 2.39. The average molecular weight is 535 g/mol. The molecule has 0 fully saturated rings. The second kappa shape index (κ2) is 11.3. The first-order valence-electron chi connectivity index (χ1n) is 12.9. The number of amides is 1. The van der Waals surface area contributed by atoms with Gasteiger partial charge in [-0.3, -0.25) is 14.5 Å². The highest BCUT2D eigenvalue weighted by molar-refractivity contribution is 5.77. The zero-order valence-electron chi connectivity index (χ0n) is 21.5. The molecule has 1 N–H and O–H groups in total. The van der Waals surface area contributed by atoms with Crippen molar-refractivity contribution in [2.24, 2.45) is 0 Å². The SMILES string of the molecule is COc1ccc(-c2cccnc2[C@H](Cc2ccccc2)NC(=O)Cn2nc(C(F)(F)F)c3c2CCCC3)cc1. The first kappa shape index (κ1) is 26.5. The number of ether oxygens (including phenoxy) is 1. The molecular weight excluding hydrogens is 505 g/mol. The van der Waals surface area contributed by atoms with Crippen LogP contribution in [0, 0.1) is 0 Å². The molecule has 9 heteroatoms. The number of alkyl halides is 3. The van der Waals surface area contributed by atoms with Gasteiger partial charge >= 0.3 is 6.18 Å². The lowest BCUT2D eigenvalue weighted by Gasteiger charge is -2.22. The monoisotopic (exact) mass is 534 g/mol. The lowest BCUT2D eigenvalue weighted by Crippen LogP contribution is -2.34. The Morgan fingerprint density at radius 3 is 2.49 bits per heavy atom. The van der Waals surface area contributed by atoms with Gasteiger partial charge in [-0.15, -0.1) is 0 Å². The van der Waals surface area contributed by atoms with Gasteiger partial charge in [-0.2, -0.15) is 18.3 Å². The summed E-state index contributed by atoms with van der Waals surface area (Å²) in [5.74, 6) is 0.297. The summed E-state index contributed by atoms with van der Waals surface area (Å²) in [6.45, 7) is -0.297. The number of nitrogens with one attached hydrogen (secondary N) is 1. The maximum atomic E-state index is 13.7. The molecule has 2 heterocycles. The molecule has 0 radical (unpaired) electrons. The third-order valence-electron chi connectivity index (χ3n) is 7.01. The van der Waals surface area contributed by atoms with Crippen LogP contribution in [0.15, 0.2) is 72.9 Å². The first-order valence-corrected chi connectivity index (χ1v) is 12.9. The van der Waals surface area contributed by atoms with Crippen molar-refractivity contribution in [2.75, 3.05) is 7.11 Å². The molecular formula is C30H29F3N4O2. The van der Waals surface area contributed by atoms with Crippen LogP contribution in [0.3, 0.4) is 0 Å². The summed E-state index contributed by atoms with van der Waals surface area (Å²) in [6.07, 6.45) is -0.180. The van der Waals surface area contributed by atoms with E-state index in [9.17, 15) is 18.0 Å². The van der Waals surface area contributed by atoms with Gasteiger partial charge in [0, 0.05) is 23.0 Å². The van der Waals surface area contributed by atoms with E-state index in [1.807, 2.05) is 66.7 Å². The second-order valence-electron chi connectivity index (χ2n) is 9.61. The molecule has 0 spiro atoms. The highest BCUT2D eigenvalue weighted by atomic mass is 19.4. The Labute approximate surface area is 224 Å². The zero-order valence-corrected chi connectivity index (χ0v) is 21.5. The maximum absolute atomic E-state index is 13.7. The predicted molar refractivity (Wildman–Crippen MR) is 141 cm³/mol. The van der Waals surface area contributed by atoms with Crippen molar-refractivity contribution < 1.29 is 22.7 Å². The van der Waals surface area contributed by atoms with Crippen LogP contribution in [0.4, 0.5) is 13.2 Å². The molecule has 5 rings (SSSR count). The second-order valence-corrected chi connectivity index (χ2v) is 9.61. The van der Waals surface area contributed by atoms with Gasteiger partial charge in [0.05, 0.1) is 18.8 Å². The number of pyridine rings is 1. The van der Waals surface area contributed by atoms with Crippen molar-refractivity contribution >= 4 is 5.91 Å². The van der Waals surface area contributed by atoms with E-state index < -0.39 is 23.8 Å². The fraction of sp³-hybridized carbons (Fsp3) is 0.300. The van der Waals surface area contributed by atoms with Gasteiger partial charge in [0.2, 0.25) is 5.91 Å². The van der Waals surface area contributed by atoms with Crippen LogP contribution in [0.5, 0.6) is 5.75 Å². The van der Waals surface area contributed by atoms with E-state index in [1.54, 1.807) is 13.3 Å². The van der Waals surface area contributed by atoms with E-state index in [1.165, 1.54) is 4.68 Å². The third kappa shape index (κ3) is 5.97. The van der Waals surface area contributed by atoms with E-state index in [0.29, 0.717) is 37.1 Å². The number of hydrogen-bond acceptors (Lipinski definition) is 4. The molecule has 1 aliphatic carbocycles. The minimum absolute atomic E-state index is 0.217. The van der Waals surface area contributed by atoms with Gasteiger partial charge in [0.1, 0.15) is 12.3 Å². The minimum atomic E-state index is -4.56. The highest BCUT2D eigenvalue weighted by Crippen LogP contribution is 2.36. The molecule has 4 aromatic rings. The summed E-state index contributed by atoms with van der Waals surface area (Å²) in [5, 5.41) is 6.90. The molecule has 6 nitrogen and oxygen atoms in total. The Morgan fingerprint density at radius 2 is 1.77 bits per heavy atom. The Balaban J connectivity index is 1.46. The molecule has 1 aliphatic rings. The molecule has 0 aliphatic heterocycles. The number of benzene rings is 2. The fourth-order valence-electron chi connectivity index (χ4n) is 5.18. The largest absolute Gasteiger partial charge is 0.497 e. The Bertz CT molecular complexity index is 1430. The standard InChI is InChI=1S/C30H29F3N4O2/c1-39-22-15-13-21(14-16-22)23-11-7-17-34-28(23)25(18-20-8-3-2-4-9-20)35-27(38)19-37-26-12-6-5-10-24(26)29(36-37)30(31,32)33/h2-4,7-9,11,13-17,25H,5-6,10,12,18-19H2,1H3,(H,35,38)/t25-/m0/s1. The summed E-state index contributed by atoms with van der Waals surface area (Å²) < 4.78 is 47.5. The molecule has 39 heavy (non-hydrogen) atoms. The summed E-state index contributed by atoms with van der Waals surface area (Å²) >= 11 is 0. The van der Waals surface area contributed by atoms with E-state index in [-0.39, 0.29) is 12.1 Å². The van der Waals surface area contributed by atoms with Gasteiger partial charge in [-0.1, -0.05) is 48.5 Å². The number of hydrogen-bond donors (Lipinski definition) is 1. The number of methoxy groups -OCH3 is 1. The minimum Gasteiger partial charge on any atom is -0.497 e. The third-order valence-corrected chi connectivity index (χ3v) is 7.01. The first-order chi connectivity index (χ1) is 18.8. The number of halogens is 3. The lowest BCUT2D eigenvalue weighted by molar-refractivity contribution is -0.142. The van der Waals surface area contributed by atoms with Crippen LogP contribution >= 0.6 is 0 Å². The quantitative estimate of drug-likeness (QED) is 0.303. The molecule has 0 saturated heterocycles. The molecule has 0 bridgehead atoms. The van der Waals surface area contributed by atoms with Crippen LogP contribution in [0.25, 0.3) is 11.1 Å². The van der Waals surface area contributed by atoms with Gasteiger partial charge in [0.15, 0.2) is 5.69 Å². The average Bonchev–Trinajstić information content (AvgIpc) is 3.32. The zero-order chi connectivity index (χ0) is 27.4. The maximum Gasteiger partial charge on any atom is 0.435 e. The van der Waals surface area contributed by atoms with E-state index in [2.05, 4.69) is 15.4 Å². The van der Waals surface area contributed by atoms with Crippen LogP contribution in [-0.4, -0.2) is 27.8 Å². The summed E-state index contributed by atoms with van der Waals surface area (Å²) in [6, 6.07) is 20.5. The lowest BCUT2D eigenvalue weighted by atomic mass is 9.95. The van der Waals surface area contributed by atoms with Crippen molar-refractivity contribution in [2.45, 2.75) is 50.9 Å². The van der Waals surface area contributed by atoms with E-state index in [4.69, 9.17) is 4.74 Å². The van der Waals surface area contributed by atoms with Crippen LogP contribution in [0.2, 0.25) is 0 Å². The fourth-order valence-corrected chi connectivity index (χ4v) is 5.18. The summed E-state index contributed by atoms with van der Waals surface area (Å²) in [5.41, 5.74) is 3.24. The number of nitrogens with zero attached hydrogens (tertiary/aromatic N) is 3. The molecule has 1 atom stereocenters. The molecule has 1 amide bonds. The molecule has 0 saturated carbocycles. The van der Waals surface area contributed by atoms with Gasteiger partial charge in [-0.05, 0) is 61.4 Å². The summed E-state index contributed by atoms with van der Waals surface area (Å²) in [7, 11) is 1.60. The topological polar surface area (TPSA) is 69.0 Å². The smallest absolute Gasteiger partial charge is 0.435 e. The molecule has 2 aromatic carbocycles. The van der Waals surface area contributed by atoms with Crippen molar-refractivity contribution in [1.82, 2.24) is 20.1 Å². The van der Waals surface area contributed by atoms with E-state index in [0.717, 1.165) is 28.9 Å². The Morgan fingerprint density at radius 1 is 1.03 bits per heavy atom. The molecule has 0 unspecified atom stereocenters. The normalized spacial score (nSPS) is 13.9.